The van der Waals surface area contributed by atoms with Crippen molar-refractivity contribution < 1.29 is 4.79 Å². The van der Waals surface area contributed by atoms with E-state index in [1.54, 1.807) is 0 Å². The summed E-state index contributed by atoms with van der Waals surface area (Å²) in [5.41, 5.74) is 5.33. The van der Waals surface area contributed by atoms with Crippen LogP contribution in [0.1, 0.15) is 51.4 Å². The van der Waals surface area contributed by atoms with Crippen molar-refractivity contribution in [2.75, 3.05) is 6.54 Å². The van der Waals surface area contributed by atoms with Gasteiger partial charge in [-0.25, -0.2) is 0 Å². The lowest BCUT2D eigenvalue weighted by Crippen LogP contribution is -2.36. The third-order valence-electron chi connectivity index (χ3n) is 2.84. The second-order valence-electron chi connectivity index (χ2n) is 4.15. The van der Waals surface area contributed by atoms with Crippen molar-refractivity contribution in [3.05, 3.63) is 0 Å². The van der Waals surface area contributed by atoms with Gasteiger partial charge < -0.3 is 11.1 Å². The predicted molar refractivity (Wildman–Crippen MR) is 57.9 cm³/mol. The SMILES string of the molecule is NCCC(=O)NC1CCCCCCC1. The van der Waals surface area contributed by atoms with Gasteiger partial charge in [0.05, 0.1) is 0 Å². The van der Waals surface area contributed by atoms with Crippen LogP contribution in [0.15, 0.2) is 0 Å². The first-order chi connectivity index (χ1) is 6.83. The number of hydrogen-bond donors (Lipinski definition) is 2. The highest BCUT2D eigenvalue weighted by molar-refractivity contribution is 5.76. The van der Waals surface area contributed by atoms with Crippen molar-refractivity contribution in [2.24, 2.45) is 5.73 Å². The van der Waals surface area contributed by atoms with E-state index in [4.69, 9.17) is 5.73 Å². The van der Waals surface area contributed by atoms with Crippen LogP contribution in [-0.2, 0) is 4.79 Å². The minimum atomic E-state index is 0.123. The fraction of sp³-hybridized carbons (Fsp3) is 0.909. The third kappa shape index (κ3) is 4.61. The van der Waals surface area contributed by atoms with Crippen molar-refractivity contribution in [1.82, 2.24) is 5.32 Å². The van der Waals surface area contributed by atoms with E-state index >= 15 is 0 Å². The van der Waals surface area contributed by atoms with Crippen molar-refractivity contribution in [1.29, 1.82) is 0 Å². The third-order valence-corrected chi connectivity index (χ3v) is 2.84. The van der Waals surface area contributed by atoms with Crippen molar-refractivity contribution in [3.63, 3.8) is 0 Å². The first kappa shape index (κ1) is 11.5. The van der Waals surface area contributed by atoms with E-state index in [1.807, 2.05) is 0 Å². The number of hydrogen-bond acceptors (Lipinski definition) is 2. The lowest BCUT2D eigenvalue weighted by atomic mass is 9.96. The molecule has 0 atom stereocenters. The maximum Gasteiger partial charge on any atom is 0.221 e. The van der Waals surface area contributed by atoms with E-state index in [0.29, 0.717) is 19.0 Å². The van der Waals surface area contributed by atoms with E-state index in [0.717, 1.165) is 12.8 Å². The minimum absolute atomic E-state index is 0.123. The molecule has 0 heterocycles. The topological polar surface area (TPSA) is 55.1 Å². The van der Waals surface area contributed by atoms with E-state index < -0.39 is 0 Å². The van der Waals surface area contributed by atoms with Crippen LogP contribution < -0.4 is 11.1 Å². The summed E-state index contributed by atoms with van der Waals surface area (Å²) < 4.78 is 0. The van der Waals surface area contributed by atoms with Crippen molar-refractivity contribution in [2.45, 2.75) is 57.4 Å². The molecule has 0 spiro atoms. The van der Waals surface area contributed by atoms with Crippen LogP contribution in [0.3, 0.4) is 0 Å². The molecule has 0 saturated heterocycles. The molecule has 0 radical (unpaired) electrons. The largest absolute Gasteiger partial charge is 0.353 e. The Labute approximate surface area is 86.4 Å². The molecule has 1 saturated carbocycles. The van der Waals surface area contributed by atoms with E-state index in [1.165, 1.54) is 32.1 Å². The molecule has 82 valence electrons. The molecule has 0 aromatic heterocycles. The molecule has 1 amide bonds. The molecule has 0 bridgehead atoms. The van der Waals surface area contributed by atoms with Crippen LogP contribution in [0.5, 0.6) is 0 Å². The second-order valence-corrected chi connectivity index (χ2v) is 4.15. The van der Waals surface area contributed by atoms with Crippen LogP contribution >= 0.6 is 0 Å². The Bertz CT molecular complexity index is 163. The molecule has 0 aliphatic heterocycles. The van der Waals surface area contributed by atoms with Gasteiger partial charge in [0, 0.05) is 19.0 Å². The first-order valence-corrected chi connectivity index (χ1v) is 5.82. The molecular formula is C11H22N2O. The molecule has 1 rings (SSSR count). The fourth-order valence-corrected chi connectivity index (χ4v) is 2.03. The molecule has 14 heavy (non-hydrogen) atoms. The van der Waals surface area contributed by atoms with Crippen molar-refractivity contribution >= 4 is 5.91 Å². The Morgan fingerprint density at radius 2 is 1.71 bits per heavy atom. The van der Waals surface area contributed by atoms with Crippen LogP contribution in [0.25, 0.3) is 0 Å². The Morgan fingerprint density at radius 1 is 1.14 bits per heavy atom. The summed E-state index contributed by atoms with van der Waals surface area (Å²) in [6.07, 6.45) is 9.29. The van der Waals surface area contributed by atoms with E-state index in [2.05, 4.69) is 5.32 Å². The Balaban J connectivity index is 2.22. The summed E-state index contributed by atoms with van der Waals surface area (Å²) in [5, 5.41) is 3.07. The van der Waals surface area contributed by atoms with Gasteiger partial charge >= 0.3 is 0 Å². The van der Waals surface area contributed by atoms with Gasteiger partial charge in [0.15, 0.2) is 0 Å². The summed E-state index contributed by atoms with van der Waals surface area (Å²) in [5.74, 6) is 0.123. The summed E-state index contributed by atoms with van der Waals surface area (Å²) in [7, 11) is 0. The maximum atomic E-state index is 11.3. The van der Waals surface area contributed by atoms with Crippen LogP contribution in [0.2, 0.25) is 0 Å². The van der Waals surface area contributed by atoms with Gasteiger partial charge in [0.1, 0.15) is 0 Å². The Morgan fingerprint density at radius 3 is 2.29 bits per heavy atom. The summed E-state index contributed by atoms with van der Waals surface area (Å²) in [6.45, 7) is 0.457. The molecule has 1 fully saturated rings. The highest BCUT2D eigenvalue weighted by Crippen LogP contribution is 2.16. The quantitative estimate of drug-likeness (QED) is 0.723. The monoisotopic (exact) mass is 198 g/mol. The number of nitrogens with two attached hydrogens (primary N) is 1. The van der Waals surface area contributed by atoms with Gasteiger partial charge in [-0.3, -0.25) is 4.79 Å². The number of carbonyl (C=O) groups is 1. The van der Waals surface area contributed by atoms with E-state index in [-0.39, 0.29) is 5.91 Å². The standard InChI is InChI=1S/C11H22N2O/c12-9-8-11(14)13-10-6-4-2-1-3-5-7-10/h10H,1-9,12H2,(H,13,14). The number of carbonyl (C=O) groups excluding carboxylic acids is 1. The minimum Gasteiger partial charge on any atom is -0.353 e. The van der Waals surface area contributed by atoms with Gasteiger partial charge in [-0.1, -0.05) is 32.1 Å². The molecular weight excluding hydrogens is 176 g/mol. The van der Waals surface area contributed by atoms with Gasteiger partial charge in [0.2, 0.25) is 5.91 Å². The molecule has 3 heteroatoms. The smallest absolute Gasteiger partial charge is 0.221 e. The molecule has 0 aromatic carbocycles. The zero-order chi connectivity index (χ0) is 10.2. The van der Waals surface area contributed by atoms with Gasteiger partial charge in [-0.2, -0.15) is 0 Å². The normalized spacial score (nSPS) is 19.8. The number of amides is 1. The Kier molecular flexibility index (Phi) is 5.60. The molecule has 1 aliphatic carbocycles. The summed E-state index contributed by atoms with van der Waals surface area (Å²) in [6, 6.07) is 0.411. The number of rotatable bonds is 3. The summed E-state index contributed by atoms with van der Waals surface area (Å²) in [4.78, 5) is 11.3. The van der Waals surface area contributed by atoms with Crippen molar-refractivity contribution in [3.8, 4) is 0 Å². The van der Waals surface area contributed by atoms with Crippen LogP contribution in [-0.4, -0.2) is 18.5 Å². The zero-order valence-electron chi connectivity index (χ0n) is 8.93. The van der Waals surface area contributed by atoms with Gasteiger partial charge in [-0.15, -0.1) is 0 Å². The zero-order valence-corrected chi connectivity index (χ0v) is 8.93. The van der Waals surface area contributed by atoms with Crippen LogP contribution in [0, 0.1) is 0 Å². The average molecular weight is 198 g/mol. The average Bonchev–Trinajstić information content (AvgIpc) is 2.10. The fourth-order valence-electron chi connectivity index (χ4n) is 2.03. The highest BCUT2D eigenvalue weighted by atomic mass is 16.1. The molecule has 1 aliphatic rings. The van der Waals surface area contributed by atoms with E-state index in [9.17, 15) is 4.79 Å². The molecule has 3 nitrogen and oxygen atoms in total. The molecule has 0 unspecified atom stereocenters. The first-order valence-electron chi connectivity index (χ1n) is 5.82. The predicted octanol–water partition coefficient (Wildman–Crippen LogP) is 1.56. The molecule has 3 N–H and O–H groups in total. The second kappa shape index (κ2) is 6.82. The van der Waals surface area contributed by atoms with Gasteiger partial charge in [0.25, 0.3) is 0 Å². The van der Waals surface area contributed by atoms with Crippen LogP contribution in [0.4, 0.5) is 0 Å². The van der Waals surface area contributed by atoms with Gasteiger partial charge in [-0.05, 0) is 12.8 Å². The Hall–Kier alpha value is -0.570. The lowest BCUT2D eigenvalue weighted by Gasteiger charge is -2.20. The number of nitrogens with one attached hydrogen (secondary N) is 1. The summed E-state index contributed by atoms with van der Waals surface area (Å²) >= 11 is 0. The molecule has 0 aromatic rings. The highest BCUT2D eigenvalue weighted by Gasteiger charge is 2.12. The lowest BCUT2D eigenvalue weighted by molar-refractivity contribution is -0.121. The maximum absolute atomic E-state index is 11.3.